The summed E-state index contributed by atoms with van der Waals surface area (Å²) in [5, 5.41) is 10.1. The summed E-state index contributed by atoms with van der Waals surface area (Å²) in [6.07, 6.45) is -4.40. The van der Waals surface area contributed by atoms with Crippen LogP contribution in [0.3, 0.4) is 0 Å². The Labute approximate surface area is 87.7 Å². The van der Waals surface area contributed by atoms with Gasteiger partial charge in [0, 0.05) is 0 Å². The third-order valence-electron chi connectivity index (χ3n) is 1.91. The lowest BCUT2D eigenvalue weighted by molar-refractivity contribution is -0.137. The molecule has 0 aliphatic carbocycles. The summed E-state index contributed by atoms with van der Waals surface area (Å²) in [5.74, 6) is -0.0701. The molecule has 0 unspecified atom stereocenters. The molecule has 0 aliphatic rings. The van der Waals surface area contributed by atoms with E-state index in [1.807, 2.05) is 0 Å². The molecule has 2 rings (SSSR count). The lowest BCUT2D eigenvalue weighted by atomic mass is 10.2. The van der Waals surface area contributed by atoms with E-state index < -0.39 is 11.7 Å². The van der Waals surface area contributed by atoms with Gasteiger partial charge in [-0.3, -0.25) is 0 Å². The first kappa shape index (κ1) is 10.4. The minimum Gasteiger partial charge on any atom is -0.366 e. The van der Waals surface area contributed by atoms with E-state index in [4.69, 9.17) is 5.73 Å². The fourth-order valence-corrected chi connectivity index (χ4v) is 1.19. The summed E-state index contributed by atoms with van der Waals surface area (Å²) >= 11 is 0. The fraction of sp³-hybridized carbons (Fsp3) is 0.125. The number of aromatic nitrogens is 4. The van der Waals surface area contributed by atoms with E-state index in [9.17, 15) is 13.2 Å². The lowest BCUT2D eigenvalue weighted by Crippen LogP contribution is -2.08. The van der Waals surface area contributed by atoms with Gasteiger partial charge in [0.15, 0.2) is 0 Å². The Morgan fingerprint density at radius 3 is 2.56 bits per heavy atom. The number of hydrogen-bond donors (Lipinski definition) is 1. The SMILES string of the molecule is Nc1nnnn1-c1cccc(C(F)(F)F)c1. The zero-order valence-corrected chi connectivity index (χ0v) is 7.81. The third-order valence-corrected chi connectivity index (χ3v) is 1.91. The summed E-state index contributed by atoms with van der Waals surface area (Å²) in [5.41, 5.74) is 4.76. The molecule has 5 nitrogen and oxygen atoms in total. The average Bonchev–Trinajstić information content (AvgIpc) is 2.63. The Bertz CT molecular complexity index is 504. The van der Waals surface area contributed by atoms with E-state index in [1.165, 1.54) is 12.1 Å². The molecule has 1 aromatic heterocycles. The summed E-state index contributed by atoms with van der Waals surface area (Å²) < 4.78 is 38.3. The number of benzene rings is 1. The van der Waals surface area contributed by atoms with Crippen molar-refractivity contribution in [3.63, 3.8) is 0 Å². The van der Waals surface area contributed by atoms with Crippen LogP contribution in [-0.4, -0.2) is 20.2 Å². The van der Waals surface area contributed by atoms with Gasteiger partial charge in [-0.25, -0.2) is 0 Å². The van der Waals surface area contributed by atoms with Crippen LogP contribution in [0.15, 0.2) is 24.3 Å². The summed E-state index contributed by atoms with van der Waals surface area (Å²) in [7, 11) is 0. The van der Waals surface area contributed by atoms with Gasteiger partial charge in [-0.1, -0.05) is 11.2 Å². The van der Waals surface area contributed by atoms with Crippen molar-refractivity contribution < 1.29 is 13.2 Å². The molecule has 0 saturated carbocycles. The second-order valence-corrected chi connectivity index (χ2v) is 3.00. The molecule has 84 valence electrons. The van der Waals surface area contributed by atoms with Crippen LogP contribution in [0, 0.1) is 0 Å². The highest BCUT2D eigenvalue weighted by Crippen LogP contribution is 2.30. The predicted molar refractivity (Wildman–Crippen MR) is 48.6 cm³/mol. The largest absolute Gasteiger partial charge is 0.416 e. The number of nitrogens with two attached hydrogens (primary N) is 1. The Kier molecular flexibility index (Phi) is 2.26. The summed E-state index contributed by atoms with van der Waals surface area (Å²) in [4.78, 5) is 0. The van der Waals surface area contributed by atoms with Crippen LogP contribution in [0.2, 0.25) is 0 Å². The van der Waals surface area contributed by atoms with Gasteiger partial charge in [-0.05, 0) is 28.6 Å². The molecule has 2 aromatic rings. The van der Waals surface area contributed by atoms with Crippen LogP contribution in [0.5, 0.6) is 0 Å². The molecule has 1 aromatic carbocycles. The number of hydrogen-bond acceptors (Lipinski definition) is 4. The van der Waals surface area contributed by atoms with Crippen molar-refractivity contribution in [3.05, 3.63) is 29.8 Å². The van der Waals surface area contributed by atoms with E-state index in [-0.39, 0.29) is 11.6 Å². The smallest absolute Gasteiger partial charge is 0.366 e. The first-order valence-electron chi connectivity index (χ1n) is 4.20. The Morgan fingerprint density at radius 2 is 2.00 bits per heavy atom. The second kappa shape index (κ2) is 3.47. The first-order chi connectivity index (χ1) is 7.48. The van der Waals surface area contributed by atoms with Gasteiger partial charge >= 0.3 is 6.18 Å². The van der Waals surface area contributed by atoms with Gasteiger partial charge in [0.2, 0.25) is 5.95 Å². The highest BCUT2D eigenvalue weighted by molar-refractivity contribution is 5.39. The normalized spacial score (nSPS) is 11.7. The quantitative estimate of drug-likeness (QED) is 0.799. The number of nitrogens with zero attached hydrogens (tertiary/aromatic N) is 4. The molecular formula is C8H6F3N5. The summed E-state index contributed by atoms with van der Waals surface area (Å²) in [6.45, 7) is 0. The van der Waals surface area contributed by atoms with E-state index in [1.54, 1.807) is 0 Å². The third kappa shape index (κ3) is 1.81. The van der Waals surface area contributed by atoms with Crippen molar-refractivity contribution in [1.82, 2.24) is 20.2 Å². The van der Waals surface area contributed by atoms with Crippen molar-refractivity contribution in [1.29, 1.82) is 0 Å². The molecule has 0 spiro atoms. The maximum absolute atomic E-state index is 12.4. The minimum atomic E-state index is -4.40. The fourth-order valence-electron chi connectivity index (χ4n) is 1.19. The van der Waals surface area contributed by atoms with Gasteiger partial charge in [-0.15, -0.1) is 0 Å². The zero-order chi connectivity index (χ0) is 11.8. The predicted octanol–water partition coefficient (Wildman–Crippen LogP) is 1.26. The van der Waals surface area contributed by atoms with Crippen LogP contribution >= 0.6 is 0 Å². The second-order valence-electron chi connectivity index (χ2n) is 3.00. The Balaban J connectivity index is 2.49. The average molecular weight is 229 g/mol. The maximum Gasteiger partial charge on any atom is 0.416 e. The van der Waals surface area contributed by atoms with E-state index >= 15 is 0 Å². The van der Waals surface area contributed by atoms with Crippen molar-refractivity contribution in [2.45, 2.75) is 6.18 Å². The number of halogens is 3. The highest BCUT2D eigenvalue weighted by Gasteiger charge is 2.30. The number of alkyl halides is 3. The molecule has 0 aliphatic heterocycles. The Morgan fingerprint density at radius 1 is 1.25 bits per heavy atom. The molecule has 0 fully saturated rings. The standard InChI is InChI=1S/C8H6F3N5/c9-8(10,11)5-2-1-3-6(4-5)16-7(12)13-14-15-16/h1-4H,(H2,12,13,15). The zero-order valence-electron chi connectivity index (χ0n) is 7.81. The van der Waals surface area contributed by atoms with Gasteiger partial charge in [0.1, 0.15) is 0 Å². The van der Waals surface area contributed by atoms with E-state index in [2.05, 4.69) is 15.5 Å². The molecule has 0 bridgehead atoms. The van der Waals surface area contributed by atoms with Crippen molar-refractivity contribution >= 4 is 5.95 Å². The van der Waals surface area contributed by atoms with Gasteiger partial charge in [0.05, 0.1) is 11.3 Å². The maximum atomic E-state index is 12.4. The number of nitrogen functional groups attached to an aromatic ring is 1. The van der Waals surface area contributed by atoms with Gasteiger partial charge in [-0.2, -0.15) is 17.9 Å². The topological polar surface area (TPSA) is 69.6 Å². The highest BCUT2D eigenvalue weighted by atomic mass is 19.4. The van der Waals surface area contributed by atoms with Crippen LogP contribution in [0.1, 0.15) is 5.56 Å². The van der Waals surface area contributed by atoms with Crippen molar-refractivity contribution in [2.24, 2.45) is 0 Å². The van der Waals surface area contributed by atoms with Crippen LogP contribution < -0.4 is 5.73 Å². The first-order valence-corrected chi connectivity index (χ1v) is 4.20. The van der Waals surface area contributed by atoms with Crippen molar-refractivity contribution in [3.8, 4) is 5.69 Å². The summed E-state index contributed by atoms with van der Waals surface area (Å²) in [6, 6.07) is 4.58. The molecule has 0 saturated heterocycles. The monoisotopic (exact) mass is 229 g/mol. The van der Waals surface area contributed by atoms with Crippen molar-refractivity contribution in [2.75, 3.05) is 5.73 Å². The van der Waals surface area contributed by atoms with Crippen LogP contribution in [0.25, 0.3) is 5.69 Å². The molecule has 2 N–H and O–H groups in total. The molecule has 0 atom stereocenters. The molecular weight excluding hydrogens is 223 g/mol. The molecule has 0 radical (unpaired) electrons. The van der Waals surface area contributed by atoms with E-state index in [0.29, 0.717) is 0 Å². The van der Waals surface area contributed by atoms with Crippen LogP contribution in [-0.2, 0) is 6.18 Å². The number of anilines is 1. The van der Waals surface area contributed by atoms with E-state index in [0.717, 1.165) is 16.8 Å². The lowest BCUT2D eigenvalue weighted by Gasteiger charge is -2.08. The molecule has 8 heteroatoms. The number of tetrazole rings is 1. The molecule has 0 amide bonds. The van der Waals surface area contributed by atoms with Crippen LogP contribution in [0.4, 0.5) is 19.1 Å². The Hall–Kier alpha value is -2.12. The van der Waals surface area contributed by atoms with Gasteiger partial charge in [0.25, 0.3) is 0 Å². The minimum absolute atomic E-state index is 0.0701. The van der Waals surface area contributed by atoms with Gasteiger partial charge < -0.3 is 5.73 Å². The number of rotatable bonds is 1. The molecule has 1 heterocycles. The molecule has 16 heavy (non-hydrogen) atoms.